The van der Waals surface area contributed by atoms with Gasteiger partial charge in [-0.15, -0.1) is 0 Å². The number of carbonyl (C=O) groups excluding carboxylic acids is 1. The first-order valence-electron chi connectivity index (χ1n) is 8.76. The van der Waals surface area contributed by atoms with Gasteiger partial charge < -0.3 is 9.64 Å². The van der Waals surface area contributed by atoms with Gasteiger partial charge >= 0.3 is 0 Å². The summed E-state index contributed by atoms with van der Waals surface area (Å²) < 4.78 is 29.4. The van der Waals surface area contributed by atoms with Gasteiger partial charge in [0.25, 0.3) is 5.91 Å². The van der Waals surface area contributed by atoms with Gasteiger partial charge in [-0.05, 0) is 43.2 Å². The number of hydrogen-bond donors (Lipinski definition) is 0. The maximum atomic E-state index is 12.8. The number of halogens is 1. The van der Waals surface area contributed by atoms with Crippen molar-refractivity contribution >= 4 is 27.3 Å². The largest absolute Gasteiger partial charge is 0.484 e. The average molecular weight is 408 g/mol. The number of sulfone groups is 1. The van der Waals surface area contributed by atoms with E-state index in [4.69, 9.17) is 16.3 Å². The van der Waals surface area contributed by atoms with Crippen molar-refractivity contribution in [1.82, 2.24) is 4.90 Å². The molecule has 1 atom stereocenters. The normalized spacial score (nSPS) is 18.2. The third-order valence-corrected chi connectivity index (χ3v) is 6.62. The number of rotatable bonds is 6. The number of ether oxygens (including phenoxy) is 1. The molecule has 1 unspecified atom stereocenters. The van der Waals surface area contributed by atoms with Crippen molar-refractivity contribution < 1.29 is 17.9 Å². The van der Waals surface area contributed by atoms with Crippen LogP contribution in [-0.2, 0) is 21.2 Å². The van der Waals surface area contributed by atoms with Crippen LogP contribution in [0.2, 0.25) is 5.02 Å². The van der Waals surface area contributed by atoms with Crippen LogP contribution >= 0.6 is 11.6 Å². The highest BCUT2D eigenvalue weighted by Gasteiger charge is 2.34. The number of aryl methyl sites for hydroxylation is 1. The van der Waals surface area contributed by atoms with Crippen molar-refractivity contribution in [2.45, 2.75) is 25.9 Å². The Balaban J connectivity index is 1.72. The molecule has 2 aromatic carbocycles. The minimum absolute atomic E-state index is 0.00311. The van der Waals surface area contributed by atoms with Crippen LogP contribution in [0.3, 0.4) is 0 Å². The summed E-state index contributed by atoms with van der Waals surface area (Å²) in [6.45, 7) is 2.17. The fourth-order valence-electron chi connectivity index (χ4n) is 3.09. The Morgan fingerprint density at radius 3 is 2.41 bits per heavy atom. The zero-order valence-corrected chi connectivity index (χ0v) is 16.7. The molecule has 0 saturated carbocycles. The standard InChI is InChI=1S/C20H22ClNO4S/c1-15-2-8-19(9-3-15)26-13-20(23)22(18-10-11-27(24,25)14-18)12-16-4-6-17(21)7-5-16/h2-9,18H,10-14H2,1H3. The van der Waals surface area contributed by atoms with Crippen molar-refractivity contribution in [3.05, 3.63) is 64.7 Å². The number of amides is 1. The fourth-order valence-corrected chi connectivity index (χ4v) is 4.95. The molecule has 0 spiro atoms. The topological polar surface area (TPSA) is 63.7 Å². The summed E-state index contributed by atoms with van der Waals surface area (Å²) in [4.78, 5) is 14.4. The summed E-state index contributed by atoms with van der Waals surface area (Å²) in [5, 5.41) is 0.614. The third kappa shape index (κ3) is 5.47. The lowest BCUT2D eigenvalue weighted by molar-refractivity contribution is -0.136. The summed E-state index contributed by atoms with van der Waals surface area (Å²) in [7, 11) is -3.10. The van der Waals surface area contributed by atoms with Crippen LogP contribution in [0.4, 0.5) is 0 Å². The van der Waals surface area contributed by atoms with E-state index in [0.717, 1.165) is 11.1 Å². The highest BCUT2D eigenvalue weighted by Crippen LogP contribution is 2.21. The molecule has 1 saturated heterocycles. The smallest absolute Gasteiger partial charge is 0.261 e. The molecule has 5 nitrogen and oxygen atoms in total. The number of nitrogens with zero attached hydrogens (tertiary/aromatic N) is 1. The van der Waals surface area contributed by atoms with Crippen molar-refractivity contribution in [2.75, 3.05) is 18.1 Å². The molecule has 3 rings (SSSR count). The quantitative estimate of drug-likeness (QED) is 0.737. The summed E-state index contributed by atoms with van der Waals surface area (Å²) in [6.07, 6.45) is 0.451. The summed E-state index contributed by atoms with van der Waals surface area (Å²) in [6, 6.07) is 14.3. The van der Waals surface area contributed by atoms with Crippen LogP contribution in [0.25, 0.3) is 0 Å². The molecule has 0 radical (unpaired) electrons. The summed E-state index contributed by atoms with van der Waals surface area (Å²) >= 11 is 5.92. The molecule has 1 fully saturated rings. The molecule has 0 aliphatic carbocycles. The van der Waals surface area contributed by atoms with E-state index in [1.807, 2.05) is 43.3 Å². The van der Waals surface area contributed by atoms with Crippen molar-refractivity contribution in [3.63, 3.8) is 0 Å². The minimum atomic E-state index is -3.10. The van der Waals surface area contributed by atoms with E-state index in [1.54, 1.807) is 17.0 Å². The molecule has 0 aromatic heterocycles. The monoisotopic (exact) mass is 407 g/mol. The van der Waals surface area contributed by atoms with Gasteiger partial charge in [0, 0.05) is 17.6 Å². The van der Waals surface area contributed by atoms with Crippen LogP contribution in [0.15, 0.2) is 48.5 Å². The average Bonchev–Trinajstić information content (AvgIpc) is 3.00. The number of benzene rings is 2. The first-order chi connectivity index (χ1) is 12.8. The molecule has 7 heteroatoms. The lowest BCUT2D eigenvalue weighted by atomic mass is 10.1. The van der Waals surface area contributed by atoms with Gasteiger partial charge in [0.05, 0.1) is 11.5 Å². The Morgan fingerprint density at radius 1 is 1.15 bits per heavy atom. The Hall–Kier alpha value is -2.05. The van der Waals surface area contributed by atoms with E-state index < -0.39 is 9.84 Å². The lowest BCUT2D eigenvalue weighted by Gasteiger charge is -2.28. The SMILES string of the molecule is Cc1ccc(OCC(=O)N(Cc2ccc(Cl)cc2)C2CCS(=O)(=O)C2)cc1. The predicted octanol–water partition coefficient (Wildman–Crippen LogP) is 3.24. The van der Waals surface area contributed by atoms with Crippen molar-refractivity contribution in [3.8, 4) is 5.75 Å². The van der Waals surface area contributed by atoms with Gasteiger partial charge in [-0.2, -0.15) is 0 Å². The van der Waals surface area contributed by atoms with Crippen LogP contribution in [0.1, 0.15) is 17.5 Å². The molecule has 27 heavy (non-hydrogen) atoms. The Kier molecular flexibility index (Phi) is 6.07. The molecular formula is C20H22ClNO4S. The second-order valence-electron chi connectivity index (χ2n) is 6.81. The molecular weight excluding hydrogens is 386 g/mol. The Morgan fingerprint density at radius 2 is 1.81 bits per heavy atom. The highest BCUT2D eigenvalue weighted by molar-refractivity contribution is 7.91. The van der Waals surface area contributed by atoms with Gasteiger partial charge in [0.1, 0.15) is 5.75 Å². The third-order valence-electron chi connectivity index (χ3n) is 4.62. The number of hydrogen-bond acceptors (Lipinski definition) is 4. The van der Waals surface area contributed by atoms with E-state index in [9.17, 15) is 13.2 Å². The molecule has 0 N–H and O–H groups in total. The van der Waals surface area contributed by atoms with E-state index in [0.29, 0.717) is 23.7 Å². The van der Waals surface area contributed by atoms with Crippen molar-refractivity contribution in [2.24, 2.45) is 0 Å². The summed E-state index contributed by atoms with van der Waals surface area (Å²) in [5.41, 5.74) is 2.00. The maximum absolute atomic E-state index is 12.8. The van der Waals surface area contributed by atoms with Gasteiger partial charge in [0.2, 0.25) is 0 Å². The predicted molar refractivity (Wildman–Crippen MR) is 106 cm³/mol. The van der Waals surface area contributed by atoms with Gasteiger partial charge in [-0.25, -0.2) is 8.42 Å². The Bertz CT molecular complexity index is 895. The van der Waals surface area contributed by atoms with Crippen LogP contribution in [-0.4, -0.2) is 43.4 Å². The molecule has 1 aliphatic rings. The Labute approximate surface area is 164 Å². The highest BCUT2D eigenvalue weighted by atomic mass is 35.5. The molecule has 144 valence electrons. The molecule has 1 amide bonds. The maximum Gasteiger partial charge on any atom is 0.261 e. The van der Waals surface area contributed by atoms with Crippen LogP contribution < -0.4 is 4.74 Å². The first-order valence-corrected chi connectivity index (χ1v) is 11.0. The van der Waals surface area contributed by atoms with Gasteiger partial charge in [-0.1, -0.05) is 41.4 Å². The lowest BCUT2D eigenvalue weighted by Crippen LogP contribution is -2.43. The zero-order chi connectivity index (χ0) is 19.4. The van der Waals surface area contributed by atoms with E-state index in [1.165, 1.54) is 0 Å². The van der Waals surface area contributed by atoms with Gasteiger partial charge in [0.15, 0.2) is 16.4 Å². The van der Waals surface area contributed by atoms with Crippen molar-refractivity contribution in [1.29, 1.82) is 0 Å². The van der Waals surface area contributed by atoms with E-state index >= 15 is 0 Å². The van der Waals surface area contributed by atoms with Gasteiger partial charge in [-0.3, -0.25) is 4.79 Å². The van der Waals surface area contributed by atoms with Crippen LogP contribution in [0, 0.1) is 6.92 Å². The zero-order valence-electron chi connectivity index (χ0n) is 15.1. The summed E-state index contributed by atoms with van der Waals surface area (Å²) in [5.74, 6) is 0.490. The first kappa shape index (κ1) is 19.7. The fraction of sp³-hybridized carbons (Fsp3) is 0.350. The van der Waals surface area contributed by atoms with E-state index in [-0.39, 0.29) is 30.1 Å². The second-order valence-corrected chi connectivity index (χ2v) is 9.47. The van der Waals surface area contributed by atoms with E-state index in [2.05, 4.69) is 0 Å². The van der Waals surface area contributed by atoms with Crippen LogP contribution in [0.5, 0.6) is 5.75 Å². The molecule has 0 bridgehead atoms. The minimum Gasteiger partial charge on any atom is -0.484 e. The molecule has 2 aromatic rings. The molecule has 1 aliphatic heterocycles. The molecule has 1 heterocycles. The number of carbonyl (C=O) groups is 1. The second kappa shape index (κ2) is 8.31.